The minimum Gasteiger partial charge on any atom is -0.497 e. The summed E-state index contributed by atoms with van der Waals surface area (Å²) in [5, 5.41) is 7.54. The number of ether oxygens (including phenoxy) is 1. The summed E-state index contributed by atoms with van der Waals surface area (Å²) < 4.78 is 31.2. The minimum absolute atomic E-state index is 0.0993. The van der Waals surface area contributed by atoms with Crippen LogP contribution in [0.4, 0.5) is 8.78 Å². The molecule has 0 spiro atoms. The van der Waals surface area contributed by atoms with Crippen molar-refractivity contribution in [2.24, 2.45) is 5.73 Å². The third-order valence-corrected chi connectivity index (χ3v) is 3.65. The van der Waals surface area contributed by atoms with Crippen molar-refractivity contribution in [3.05, 3.63) is 53.6 Å². The molecule has 6 heteroatoms. The summed E-state index contributed by atoms with van der Waals surface area (Å²) in [5.74, 6) is -1.31. The van der Waals surface area contributed by atoms with Gasteiger partial charge in [0.15, 0.2) is 11.6 Å². The van der Waals surface area contributed by atoms with Crippen LogP contribution >= 0.6 is 11.8 Å². The van der Waals surface area contributed by atoms with Gasteiger partial charge < -0.3 is 10.5 Å². The fraction of sp³-hybridized carbons (Fsp3) is 0.0714. The number of rotatable bonds is 4. The summed E-state index contributed by atoms with van der Waals surface area (Å²) in [4.78, 5) is 1.16. The molecule has 0 aliphatic heterocycles. The Bertz CT molecular complexity index is 662. The maximum Gasteiger partial charge on any atom is 0.159 e. The highest BCUT2D eigenvalue weighted by atomic mass is 32.2. The largest absolute Gasteiger partial charge is 0.497 e. The number of hydrogen-bond acceptors (Lipinski definition) is 3. The molecule has 0 aromatic heterocycles. The van der Waals surface area contributed by atoms with Crippen LogP contribution in [0.25, 0.3) is 0 Å². The van der Waals surface area contributed by atoms with Crippen molar-refractivity contribution >= 4 is 17.6 Å². The molecule has 0 saturated heterocycles. The van der Waals surface area contributed by atoms with Crippen LogP contribution in [0.2, 0.25) is 0 Å². The van der Waals surface area contributed by atoms with Gasteiger partial charge >= 0.3 is 0 Å². The van der Waals surface area contributed by atoms with Gasteiger partial charge in [-0.1, -0.05) is 11.8 Å². The van der Waals surface area contributed by atoms with E-state index in [2.05, 4.69) is 0 Å². The van der Waals surface area contributed by atoms with Gasteiger partial charge in [-0.2, -0.15) is 0 Å². The Kier molecular flexibility index (Phi) is 4.24. The summed E-state index contributed by atoms with van der Waals surface area (Å²) in [6.07, 6.45) is 0. The van der Waals surface area contributed by atoms with Gasteiger partial charge in [0.1, 0.15) is 11.6 Å². The monoisotopic (exact) mass is 294 g/mol. The number of benzene rings is 2. The highest BCUT2D eigenvalue weighted by molar-refractivity contribution is 7.99. The van der Waals surface area contributed by atoms with Crippen molar-refractivity contribution in [2.45, 2.75) is 9.79 Å². The third kappa shape index (κ3) is 3.08. The first-order valence-corrected chi connectivity index (χ1v) is 6.48. The number of nitrogens with one attached hydrogen (secondary N) is 1. The van der Waals surface area contributed by atoms with E-state index in [1.54, 1.807) is 18.2 Å². The molecule has 0 bridgehead atoms. The zero-order valence-electron chi connectivity index (χ0n) is 10.6. The van der Waals surface area contributed by atoms with Crippen molar-refractivity contribution < 1.29 is 13.5 Å². The van der Waals surface area contributed by atoms with Crippen LogP contribution in [-0.2, 0) is 0 Å². The molecule has 3 N–H and O–H groups in total. The maximum absolute atomic E-state index is 13.2. The van der Waals surface area contributed by atoms with Crippen LogP contribution in [0.5, 0.6) is 5.75 Å². The van der Waals surface area contributed by atoms with Gasteiger partial charge in [0.2, 0.25) is 0 Å². The van der Waals surface area contributed by atoms with E-state index in [4.69, 9.17) is 15.9 Å². The first kappa shape index (κ1) is 14.3. The molecule has 2 aromatic carbocycles. The molecule has 0 aliphatic carbocycles. The lowest BCUT2D eigenvalue weighted by Crippen LogP contribution is -2.12. The average molecular weight is 294 g/mol. The zero-order valence-corrected chi connectivity index (χ0v) is 11.4. The Morgan fingerprint density at radius 2 is 1.90 bits per heavy atom. The van der Waals surface area contributed by atoms with E-state index in [9.17, 15) is 8.78 Å². The number of hydrogen-bond donors (Lipinski definition) is 2. The molecule has 0 atom stereocenters. The van der Waals surface area contributed by atoms with Crippen molar-refractivity contribution in [3.63, 3.8) is 0 Å². The maximum atomic E-state index is 13.2. The molecule has 0 heterocycles. The lowest BCUT2D eigenvalue weighted by Gasteiger charge is -2.10. The molecule has 0 unspecified atom stereocenters. The molecule has 20 heavy (non-hydrogen) atoms. The van der Waals surface area contributed by atoms with Crippen molar-refractivity contribution in [1.82, 2.24) is 0 Å². The summed E-state index contributed by atoms with van der Waals surface area (Å²) in [7, 11) is 1.52. The smallest absolute Gasteiger partial charge is 0.159 e. The fourth-order valence-electron chi connectivity index (χ4n) is 1.60. The molecular weight excluding hydrogens is 282 g/mol. The minimum atomic E-state index is -0.915. The molecule has 0 amide bonds. The van der Waals surface area contributed by atoms with E-state index in [1.807, 2.05) is 0 Å². The Labute approximate surface area is 119 Å². The van der Waals surface area contributed by atoms with Crippen LogP contribution in [0.1, 0.15) is 5.56 Å². The fourth-order valence-corrected chi connectivity index (χ4v) is 2.62. The number of methoxy groups -OCH3 is 1. The summed E-state index contributed by atoms with van der Waals surface area (Å²) >= 11 is 1.19. The van der Waals surface area contributed by atoms with Crippen molar-refractivity contribution in [2.75, 3.05) is 7.11 Å². The Morgan fingerprint density at radius 1 is 1.15 bits per heavy atom. The van der Waals surface area contributed by atoms with E-state index >= 15 is 0 Å². The molecule has 0 fully saturated rings. The second-order valence-corrected chi connectivity index (χ2v) is 5.07. The molecule has 3 nitrogen and oxygen atoms in total. The summed E-state index contributed by atoms with van der Waals surface area (Å²) in [6.45, 7) is 0. The predicted molar refractivity (Wildman–Crippen MR) is 74.5 cm³/mol. The first-order valence-electron chi connectivity index (χ1n) is 5.66. The number of amidine groups is 1. The van der Waals surface area contributed by atoms with Gasteiger partial charge in [-0.25, -0.2) is 8.78 Å². The molecule has 2 aromatic rings. The lowest BCUT2D eigenvalue weighted by molar-refractivity contribution is 0.413. The Morgan fingerprint density at radius 3 is 2.50 bits per heavy atom. The second kappa shape index (κ2) is 5.92. The van der Waals surface area contributed by atoms with Crippen LogP contribution in [-0.4, -0.2) is 12.9 Å². The van der Waals surface area contributed by atoms with E-state index < -0.39 is 11.6 Å². The molecule has 0 radical (unpaired) electrons. The van der Waals surface area contributed by atoms with Crippen LogP contribution in [0.3, 0.4) is 0 Å². The number of nitrogens with two attached hydrogens (primary N) is 1. The normalized spacial score (nSPS) is 10.3. The zero-order chi connectivity index (χ0) is 14.7. The van der Waals surface area contributed by atoms with Crippen LogP contribution in [0.15, 0.2) is 46.2 Å². The molecular formula is C14H12F2N2OS. The number of nitrogen functional groups attached to an aromatic ring is 1. The van der Waals surface area contributed by atoms with Gasteiger partial charge in [-0.05, 0) is 36.4 Å². The van der Waals surface area contributed by atoms with E-state index in [1.165, 1.54) is 24.9 Å². The van der Waals surface area contributed by atoms with Gasteiger partial charge in [0.05, 0.1) is 7.11 Å². The third-order valence-electron chi connectivity index (χ3n) is 2.60. The topological polar surface area (TPSA) is 59.1 Å². The highest BCUT2D eigenvalue weighted by Crippen LogP contribution is 2.33. The Balaban J connectivity index is 2.40. The summed E-state index contributed by atoms with van der Waals surface area (Å²) in [5.41, 5.74) is 6.02. The average Bonchev–Trinajstić information content (AvgIpc) is 2.42. The van der Waals surface area contributed by atoms with Crippen molar-refractivity contribution in [3.8, 4) is 5.75 Å². The van der Waals surface area contributed by atoms with Gasteiger partial charge in [-0.15, -0.1) is 0 Å². The second-order valence-electron chi connectivity index (χ2n) is 3.95. The molecule has 104 valence electrons. The predicted octanol–water partition coefficient (Wildman–Crippen LogP) is 3.41. The van der Waals surface area contributed by atoms with Crippen LogP contribution in [0, 0.1) is 17.0 Å². The molecule has 2 rings (SSSR count). The van der Waals surface area contributed by atoms with Gasteiger partial charge in [0.25, 0.3) is 0 Å². The first-order chi connectivity index (χ1) is 9.51. The van der Waals surface area contributed by atoms with Crippen LogP contribution < -0.4 is 10.5 Å². The quantitative estimate of drug-likeness (QED) is 0.671. The summed E-state index contributed by atoms with van der Waals surface area (Å²) in [6, 6.07) is 8.67. The SMILES string of the molecule is COc1ccc(C(=N)N)c(Sc2ccc(F)c(F)c2)c1. The van der Waals surface area contributed by atoms with E-state index in [0.717, 1.165) is 12.1 Å². The lowest BCUT2D eigenvalue weighted by atomic mass is 10.2. The molecule has 0 aliphatic rings. The molecule has 0 saturated carbocycles. The number of halogens is 2. The standard InChI is InChI=1S/C14H12F2N2OS/c1-19-8-2-4-10(14(17)18)13(6-8)20-9-3-5-11(15)12(16)7-9/h2-7H,1H3,(H3,17,18). The van der Waals surface area contributed by atoms with E-state index in [-0.39, 0.29) is 5.84 Å². The van der Waals surface area contributed by atoms with Crippen molar-refractivity contribution in [1.29, 1.82) is 5.41 Å². The van der Waals surface area contributed by atoms with Gasteiger partial charge in [0, 0.05) is 15.4 Å². The Hall–Kier alpha value is -2.08. The van der Waals surface area contributed by atoms with E-state index in [0.29, 0.717) is 21.1 Å². The highest BCUT2D eigenvalue weighted by Gasteiger charge is 2.10. The van der Waals surface area contributed by atoms with Gasteiger partial charge in [-0.3, -0.25) is 5.41 Å².